The van der Waals surface area contributed by atoms with E-state index < -0.39 is 5.41 Å². The lowest BCUT2D eigenvalue weighted by Gasteiger charge is -2.56. The van der Waals surface area contributed by atoms with Crippen molar-refractivity contribution in [2.75, 3.05) is 13.4 Å². The Morgan fingerprint density at radius 1 is 1.10 bits per heavy atom. The van der Waals surface area contributed by atoms with Crippen molar-refractivity contribution in [2.24, 2.45) is 28.6 Å². The predicted molar refractivity (Wildman–Crippen MR) is 81.6 cm³/mol. The van der Waals surface area contributed by atoms with Crippen molar-refractivity contribution in [3.63, 3.8) is 0 Å². The lowest BCUT2D eigenvalue weighted by atomic mass is 9.50. The Hall–Kier alpha value is -0.570. The molecule has 0 unspecified atom stereocenters. The summed E-state index contributed by atoms with van der Waals surface area (Å²) in [6.45, 7) is 6.78. The van der Waals surface area contributed by atoms with Crippen molar-refractivity contribution in [3.05, 3.63) is 0 Å². The number of esters is 1. The zero-order chi connectivity index (χ0) is 15.1. The summed E-state index contributed by atoms with van der Waals surface area (Å²) >= 11 is 0. The summed E-state index contributed by atoms with van der Waals surface area (Å²) in [5.74, 6) is 2.69. The molecule has 120 valence electrons. The summed E-state index contributed by atoms with van der Waals surface area (Å²) in [6.07, 6.45) is 9.19. The first-order valence-corrected chi connectivity index (χ1v) is 8.67. The molecule has 0 aromatic rings. The number of ether oxygens (including phenoxy) is 2. The molecule has 21 heavy (non-hydrogen) atoms. The molecule has 4 fully saturated rings. The molecule has 3 nitrogen and oxygen atoms in total. The van der Waals surface area contributed by atoms with E-state index in [0.29, 0.717) is 5.41 Å². The normalized spacial score (nSPS) is 37.8. The van der Waals surface area contributed by atoms with Crippen LogP contribution in [0, 0.1) is 28.6 Å². The van der Waals surface area contributed by atoms with Crippen LogP contribution in [-0.2, 0) is 14.3 Å². The van der Waals surface area contributed by atoms with Gasteiger partial charge >= 0.3 is 5.97 Å². The molecule has 4 bridgehead atoms. The van der Waals surface area contributed by atoms with Crippen molar-refractivity contribution in [1.29, 1.82) is 0 Å². The summed E-state index contributed by atoms with van der Waals surface area (Å²) in [5, 5.41) is 0. The first-order valence-electron chi connectivity index (χ1n) is 8.67. The third-order valence-corrected chi connectivity index (χ3v) is 6.28. The molecular weight excluding hydrogens is 264 g/mol. The maximum absolute atomic E-state index is 11.9. The molecule has 0 aromatic carbocycles. The monoisotopic (exact) mass is 294 g/mol. The molecule has 0 heterocycles. The maximum Gasteiger partial charge on any atom is 0.313 e. The minimum Gasteiger partial charge on any atom is -0.438 e. The van der Waals surface area contributed by atoms with E-state index >= 15 is 0 Å². The third-order valence-electron chi connectivity index (χ3n) is 6.28. The Balaban J connectivity index is 1.45. The minimum absolute atomic E-state index is 0.129. The summed E-state index contributed by atoms with van der Waals surface area (Å²) in [4.78, 5) is 11.9. The second kappa shape index (κ2) is 5.57. The van der Waals surface area contributed by atoms with Crippen LogP contribution in [0.1, 0.15) is 65.7 Å². The van der Waals surface area contributed by atoms with Crippen LogP contribution in [0.4, 0.5) is 0 Å². The number of carbonyl (C=O) groups is 1. The van der Waals surface area contributed by atoms with Crippen LogP contribution in [0.15, 0.2) is 0 Å². The average molecular weight is 294 g/mol. The van der Waals surface area contributed by atoms with Gasteiger partial charge in [0.2, 0.25) is 0 Å². The molecule has 0 aliphatic heterocycles. The van der Waals surface area contributed by atoms with Crippen LogP contribution in [0.25, 0.3) is 0 Å². The summed E-state index contributed by atoms with van der Waals surface area (Å²) < 4.78 is 11.1. The van der Waals surface area contributed by atoms with Gasteiger partial charge in [-0.2, -0.15) is 0 Å². The molecule has 0 atom stereocenters. The molecule has 0 aromatic heterocycles. The van der Waals surface area contributed by atoms with Crippen LogP contribution >= 0.6 is 0 Å². The highest BCUT2D eigenvalue weighted by molar-refractivity contribution is 5.75. The van der Waals surface area contributed by atoms with Crippen molar-refractivity contribution >= 4 is 5.97 Å². The second-order valence-corrected chi connectivity index (χ2v) is 8.55. The smallest absolute Gasteiger partial charge is 0.313 e. The van der Waals surface area contributed by atoms with Gasteiger partial charge in [-0.3, -0.25) is 4.79 Å². The van der Waals surface area contributed by atoms with Crippen LogP contribution in [0.3, 0.4) is 0 Å². The Bertz CT molecular complexity index is 364. The van der Waals surface area contributed by atoms with E-state index in [0.717, 1.165) is 30.8 Å². The molecule has 4 rings (SSSR count). The van der Waals surface area contributed by atoms with E-state index in [9.17, 15) is 4.79 Å². The predicted octanol–water partition coefficient (Wildman–Crippen LogP) is 4.16. The maximum atomic E-state index is 11.9. The first kappa shape index (κ1) is 15.3. The lowest BCUT2D eigenvalue weighted by Crippen LogP contribution is -2.48. The quantitative estimate of drug-likeness (QED) is 0.419. The topological polar surface area (TPSA) is 35.5 Å². The fourth-order valence-corrected chi connectivity index (χ4v) is 5.16. The van der Waals surface area contributed by atoms with Gasteiger partial charge in [0.05, 0.1) is 12.0 Å². The zero-order valence-corrected chi connectivity index (χ0v) is 13.8. The van der Waals surface area contributed by atoms with E-state index in [1.54, 1.807) is 0 Å². The minimum atomic E-state index is -0.399. The highest BCUT2D eigenvalue weighted by atomic mass is 16.7. The van der Waals surface area contributed by atoms with Gasteiger partial charge in [0.15, 0.2) is 6.79 Å². The van der Waals surface area contributed by atoms with Gasteiger partial charge in [0.1, 0.15) is 0 Å². The van der Waals surface area contributed by atoms with Crippen LogP contribution in [0.5, 0.6) is 0 Å². The van der Waals surface area contributed by atoms with Gasteiger partial charge in [-0.1, -0.05) is 6.92 Å². The average Bonchev–Trinajstić information content (AvgIpc) is 2.41. The van der Waals surface area contributed by atoms with Gasteiger partial charge in [-0.05, 0) is 82.0 Å². The molecule has 0 radical (unpaired) electrons. The molecule has 0 saturated heterocycles. The fourth-order valence-electron chi connectivity index (χ4n) is 5.16. The van der Waals surface area contributed by atoms with E-state index in [2.05, 4.69) is 0 Å². The number of hydrogen-bond donors (Lipinski definition) is 0. The van der Waals surface area contributed by atoms with Crippen molar-refractivity contribution in [3.8, 4) is 0 Å². The lowest BCUT2D eigenvalue weighted by molar-refractivity contribution is -0.175. The van der Waals surface area contributed by atoms with Crippen molar-refractivity contribution in [1.82, 2.24) is 0 Å². The summed E-state index contributed by atoms with van der Waals surface area (Å²) in [6, 6.07) is 0. The SMILES string of the molecule is CCC(C)(C)C(=O)OCOCC12CC3CC(CC(C3)C1)C2. The first-order chi connectivity index (χ1) is 9.92. The third kappa shape index (κ3) is 3.13. The van der Waals surface area contributed by atoms with E-state index in [4.69, 9.17) is 9.47 Å². The van der Waals surface area contributed by atoms with E-state index in [-0.39, 0.29) is 12.8 Å². The molecule has 4 aliphatic carbocycles. The molecule has 3 heteroatoms. The Morgan fingerprint density at radius 3 is 2.10 bits per heavy atom. The Morgan fingerprint density at radius 2 is 1.62 bits per heavy atom. The van der Waals surface area contributed by atoms with E-state index in [1.165, 1.54) is 38.5 Å². The van der Waals surface area contributed by atoms with Crippen LogP contribution in [-0.4, -0.2) is 19.4 Å². The number of carbonyl (C=O) groups excluding carboxylic acids is 1. The molecule has 0 spiro atoms. The van der Waals surface area contributed by atoms with Gasteiger partial charge in [0.25, 0.3) is 0 Å². The van der Waals surface area contributed by atoms with Gasteiger partial charge < -0.3 is 9.47 Å². The number of hydrogen-bond acceptors (Lipinski definition) is 3. The van der Waals surface area contributed by atoms with Crippen LogP contribution < -0.4 is 0 Å². The molecule has 4 saturated carbocycles. The van der Waals surface area contributed by atoms with Crippen LogP contribution in [0.2, 0.25) is 0 Å². The summed E-state index contributed by atoms with van der Waals surface area (Å²) in [5.41, 5.74) is 0.00543. The van der Waals surface area contributed by atoms with Gasteiger partial charge in [-0.25, -0.2) is 0 Å². The standard InChI is InChI=1S/C18H30O3/c1-4-17(2,3)16(19)21-12-20-11-18-8-13-5-14(9-18)7-15(6-13)10-18/h13-15H,4-12H2,1-3H3. The van der Waals surface area contributed by atoms with Gasteiger partial charge in [0, 0.05) is 0 Å². The van der Waals surface area contributed by atoms with Crippen molar-refractivity contribution in [2.45, 2.75) is 65.7 Å². The Kier molecular flexibility index (Phi) is 4.06. The highest BCUT2D eigenvalue weighted by Gasteiger charge is 2.50. The number of rotatable bonds is 6. The van der Waals surface area contributed by atoms with Crippen molar-refractivity contribution < 1.29 is 14.3 Å². The Labute approximate surface area is 128 Å². The highest BCUT2D eigenvalue weighted by Crippen LogP contribution is 2.60. The molecule has 0 amide bonds. The molecule has 4 aliphatic rings. The zero-order valence-electron chi connectivity index (χ0n) is 13.8. The largest absolute Gasteiger partial charge is 0.438 e. The second-order valence-electron chi connectivity index (χ2n) is 8.55. The molecule has 0 N–H and O–H groups in total. The summed E-state index contributed by atoms with van der Waals surface area (Å²) in [7, 11) is 0. The fraction of sp³-hybridized carbons (Fsp3) is 0.944. The van der Waals surface area contributed by atoms with Gasteiger partial charge in [-0.15, -0.1) is 0 Å². The molecular formula is C18H30O3. The van der Waals surface area contributed by atoms with E-state index in [1.807, 2.05) is 20.8 Å².